The van der Waals surface area contributed by atoms with E-state index in [4.69, 9.17) is 23.2 Å². The van der Waals surface area contributed by atoms with Crippen LogP contribution in [0.15, 0.2) is 47.4 Å². The van der Waals surface area contributed by atoms with Crippen LogP contribution < -0.4 is 0 Å². The minimum Gasteiger partial charge on any atom is -0.143 e. The molecule has 15 heavy (non-hydrogen) atoms. The first kappa shape index (κ1) is 10.9. The van der Waals surface area contributed by atoms with Gasteiger partial charge in [-0.1, -0.05) is 35.3 Å². The molecule has 3 heteroatoms. The summed E-state index contributed by atoms with van der Waals surface area (Å²) < 4.78 is 0. The fourth-order valence-electron chi connectivity index (χ4n) is 1.40. The second-order valence-corrected chi connectivity index (χ2v) is 4.53. The summed E-state index contributed by atoms with van der Waals surface area (Å²) >= 11 is 16.3. The third kappa shape index (κ3) is 2.49. The highest BCUT2D eigenvalue weighted by molar-refractivity contribution is 7.80. The molecule has 0 unspecified atom stereocenters. The SMILES string of the molecule is Sc1ccc(Cl)cc1-c1cccc(Cl)c1. The summed E-state index contributed by atoms with van der Waals surface area (Å²) in [6.45, 7) is 0. The second-order valence-electron chi connectivity index (χ2n) is 3.17. The van der Waals surface area contributed by atoms with Crippen LogP contribution >= 0.6 is 35.8 Å². The Hall–Kier alpha value is -0.630. The molecule has 0 fully saturated rings. The Morgan fingerprint density at radius 3 is 2.33 bits per heavy atom. The number of benzene rings is 2. The van der Waals surface area contributed by atoms with Crippen molar-refractivity contribution in [3.05, 3.63) is 52.5 Å². The first-order valence-corrected chi connectivity index (χ1v) is 5.61. The van der Waals surface area contributed by atoms with Crippen LogP contribution in [0.5, 0.6) is 0 Å². The van der Waals surface area contributed by atoms with Crippen molar-refractivity contribution in [2.75, 3.05) is 0 Å². The second kappa shape index (κ2) is 4.48. The van der Waals surface area contributed by atoms with Crippen LogP contribution in [-0.4, -0.2) is 0 Å². The molecule has 0 nitrogen and oxygen atoms in total. The molecule has 0 bridgehead atoms. The average Bonchev–Trinajstić information content (AvgIpc) is 2.22. The van der Waals surface area contributed by atoms with Crippen LogP contribution in [0.2, 0.25) is 10.0 Å². The van der Waals surface area contributed by atoms with E-state index in [1.807, 2.05) is 42.5 Å². The van der Waals surface area contributed by atoms with Gasteiger partial charge in [0.25, 0.3) is 0 Å². The van der Waals surface area contributed by atoms with E-state index >= 15 is 0 Å². The zero-order valence-corrected chi connectivity index (χ0v) is 10.2. The highest BCUT2D eigenvalue weighted by Crippen LogP contribution is 2.30. The molecule has 0 aliphatic carbocycles. The number of rotatable bonds is 1. The van der Waals surface area contributed by atoms with Crippen molar-refractivity contribution in [1.29, 1.82) is 0 Å². The number of halogens is 2. The Balaban J connectivity index is 2.58. The zero-order chi connectivity index (χ0) is 10.8. The summed E-state index contributed by atoms with van der Waals surface area (Å²) in [6.07, 6.45) is 0. The zero-order valence-electron chi connectivity index (χ0n) is 7.74. The lowest BCUT2D eigenvalue weighted by molar-refractivity contribution is 1.46. The molecule has 0 aromatic heterocycles. The molecule has 2 rings (SSSR count). The van der Waals surface area contributed by atoms with Crippen molar-refractivity contribution >= 4 is 35.8 Å². The normalized spacial score (nSPS) is 10.3. The highest BCUT2D eigenvalue weighted by Gasteiger charge is 2.03. The maximum absolute atomic E-state index is 5.94. The lowest BCUT2D eigenvalue weighted by Gasteiger charge is -2.06. The lowest BCUT2D eigenvalue weighted by atomic mass is 10.1. The van der Waals surface area contributed by atoms with Crippen LogP contribution in [0.4, 0.5) is 0 Å². The van der Waals surface area contributed by atoms with E-state index in [-0.39, 0.29) is 0 Å². The van der Waals surface area contributed by atoms with E-state index in [9.17, 15) is 0 Å². The van der Waals surface area contributed by atoms with Gasteiger partial charge in [-0.15, -0.1) is 12.6 Å². The monoisotopic (exact) mass is 254 g/mol. The van der Waals surface area contributed by atoms with Crippen LogP contribution in [0.3, 0.4) is 0 Å². The molecular weight excluding hydrogens is 247 g/mol. The summed E-state index contributed by atoms with van der Waals surface area (Å²) in [5, 5.41) is 1.41. The highest BCUT2D eigenvalue weighted by atomic mass is 35.5. The van der Waals surface area contributed by atoms with Crippen molar-refractivity contribution in [1.82, 2.24) is 0 Å². The molecule has 0 N–H and O–H groups in total. The summed E-state index contributed by atoms with van der Waals surface area (Å²) in [5.74, 6) is 0. The predicted octanol–water partition coefficient (Wildman–Crippen LogP) is 4.95. The Morgan fingerprint density at radius 1 is 0.867 bits per heavy atom. The largest absolute Gasteiger partial charge is 0.143 e. The van der Waals surface area contributed by atoms with Gasteiger partial charge in [0.15, 0.2) is 0 Å². The smallest absolute Gasteiger partial charge is 0.0412 e. The first-order valence-electron chi connectivity index (χ1n) is 4.41. The quantitative estimate of drug-likeness (QED) is 0.685. The van der Waals surface area contributed by atoms with E-state index in [2.05, 4.69) is 12.6 Å². The topological polar surface area (TPSA) is 0 Å². The standard InChI is InChI=1S/C12H8Cl2S/c13-9-3-1-2-8(6-9)11-7-10(14)4-5-12(11)15/h1-7,15H. The van der Waals surface area contributed by atoms with Gasteiger partial charge in [-0.2, -0.15) is 0 Å². The fourth-order valence-corrected chi connectivity index (χ4v) is 2.03. The number of hydrogen-bond donors (Lipinski definition) is 1. The number of hydrogen-bond acceptors (Lipinski definition) is 1. The Labute approximate surface area is 104 Å². The van der Waals surface area contributed by atoms with Crippen LogP contribution in [0.25, 0.3) is 11.1 Å². The minimum atomic E-state index is 0.697. The van der Waals surface area contributed by atoms with Gasteiger partial charge in [-0.25, -0.2) is 0 Å². The molecule has 0 spiro atoms. The Kier molecular flexibility index (Phi) is 3.25. The van der Waals surface area contributed by atoms with Crippen molar-refractivity contribution in [3.63, 3.8) is 0 Å². The van der Waals surface area contributed by atoms with Crippen LogP contribution in [0, 0.1) is 0 Å². The summed E-state index contributed by atoms with van der Waals surface area (Å²) in [5.41, 5.74) is 2.02. The summed E-state index contributed by atoms with van der Waals surface area (Å²) in [7, 11) is 0. The van der Waals surface area contributed by atoms with Gasteiger partial charge < -0.3 is 0 Å². The van der Waals surface area contributed by atoms with Gasteiger partial charge in [0, 0.05) is 14.9 Å². The molecule has 2 aromatic carbocycles. The fraction of sp³-hybridized carbons (Fsp3) is 0. The molecule has 0 aliphatic rings. The molecule has 0 aliphatic heterocycles. The van der Waals surface area contributed by atoms with Crippen molar-refractivity contribution < 1.29 is 0 Å². The van der Waals surface area contributed by atoms with Gasteiger partial charge in [-0.05, 0) is 41.5 Å². The Bertz CT molecular complexity index is 495. The van der Waals surface area contributed by atoms with Crippen molar-refractivity contribution in [2.45, 2.75) is 4.90 Å². The van der Waals surface area contributed by atoms with Gasteiger partial charge in [0.05, 0.1) is 0 Å². The third-order valence-corrected chi connectivity index (χ3v) is 2.95. The molecule has 0 heterocycles. The molecule has 76 valence electrons. The van der Waals surface area contributed by atoms with Gasteiger partial charge in [-0.3, -0.25) is 0 Å². The Morgan fingerprint density at radius 2 is 1.60 bits per heavy atom. The molecule has 0 amide bonds. The first-order chi connectivity index (χ1) is 7.16. The third-order valence-electron chi connectivity index (χ3n) is 2.09. The lowest BCUT2D eigenvalue weighted by Crippen LogP contribution is -1.80. The van der Waals surface area contributed by atoms with Crippen LogP contribution in [0.1, 0.15) is 0 Å². The molecule has 0 saturated heterocycles. The molecular formula is C12H8Cl2S. The van der Waals surface area contributed by atoms with Gasteiger partial charge in [0.2, 0.25) is 0 Å². The van der Waals surface area contributed by atoms with Gasteiger partial charge in [0.1, 0.15) is 0 Å². The maximum atomic E-state index is 5.94. The summed E-state index contributed by atoms with van der Waals surface area (Å²) in [6, 6.07) is 13.2. The van der Waals surface area contributed by atoms with E-state index < -0.39 is 0 Å². The van der Waals surface area contributed by atoms with E-state index in [0.29, 0.717) is 10.0 Å². The van der Waals surface area contributed by atoms with Crippen molar-refractivity contribution in [3.8, 4) is 11.1 Å². The summed E-state index contributed by atoms with van der Waals surface area (Å²) in [4.78, 5) is 0.890. The molecule has 0 atom stereocenters. The van der Waals surface area contributed by atoms with Crippen molar-refractivity contribution in [2.24, 2.45) is 0 Å². The van der Waals surface area contributed by atoms with Gasteiger partial charge >= 0.3 is 0 Å². The average molecular weight is 255 g/mol. The maximum Gasteiger partial charge on any atom is 0.0412 e. The van der Waals surface area contributed by atoms with E-state index in [0.717, 1.165) is 16.0 Å². The molecule has 0 radical (unpaired) electrons. The molecule has 0 saturated carbocycles. The predicted molar refractivity (Wildman–Crippen MR) is 69.2 cm³/mol. The minimum absolute atomic E-state index is 0.697. The van der Waals surface area contributed by atoms with Crippen LogP contribution in [-0.2, 0) is 0 Å². The van der Waals surface area contributed by atoms with E-state index in [1.165, 1.54) is 0 Å². The number of thiol groups is 1. The molecule has 2 aromatic rings. The van der Waals surface area contributed by atoms with E-state index in [1.54, 1.807) is 0 Å².